The fourth-order valence-corrected chi connectivity index (χ4v) is 1.82. The quantitative estimate of drug-likeness (QED) is 0.809. The van der Waals surface area contributed by atoms with Crippen LogP contribution in [0, 0.1) is 12.7 Å². The van der Waals surface area contributed by atoms with Crippen LogP contribution >= 0.6 is 0 Å². The maximum atomic E-state index is 12.8. The average Bonchev–Trinajstić information content (AvgIpc) is 2.43. The Labute approximate surface area is 120 Å². The van der Waals surface area contributed by atoms with Crippen molar-refractivity contribution in [2.24, 2.45) is 0 Å². The molecule has 0 aliphatic heterocycles. The smallest absolute Gasteiger partial charge is 0.337 e. The first-order valence-corrected chi connectivity index (χ1v) is 6.14. The normalized spacial score (nSPS) is 10.0. The Balaban J connectivity index is 2.16. The predicted molar refractivity (Wildman–Crippen MR) is 77.2 cm³/mol. The van der Waals surface area contributed by atoms with E-state index in [1.807, 2.05) is 0 Å². The van der Waals surface area contributed by atoms with Gasteiger partial charge in [-0.1, -0.05) is 12.1 Å². The number of hydrogen-bond donors (Lipinski definition) is 3. The summed E-state index contributed by atoms with van der Waals surface area (Å²) in [5, 5.41) is 14.1. The van der Waals surface area contributed by atoms with Crippen LogP contribution in [-0.2, 0) is 0 Å². The summed E-state index contributed by atoms with van der Waals surface area (Å²) in [5.74, 6) is -1.54. The Morgan fingerprint density at radius 1 is 1.05 bits per heavy atom. The van der Waals surface area contributed by atoms with Gasteiger partial charge in [0.05, 0.1) is 11.3 Å². The number of carbonyl (C=O) groups is 2. The van der Waals surface area contributed by atoms with Crippen LogP contribution in [-0.4, -0.2) is 17.1 Å². The van der Waals surface area contributed by atoms with Crippen LogP contribution in [0.5, 0.6) is 0 Å². The number of urea groups is 1. The van der Waals surface area contributed by atoms with Gasteiger partial charge in [-0.05, 0) is 42.8 Å². The predicted octanol–water partition coefficient (Wildman–Crippen LogP) is 3.48. The van der Waals surface area contributed by atoms with Crippen molar-refractivity contribution >= 4 is 23.4 Å². The Morgan fingerprint density at radius 2 is 1.71 bits per heavy atom. The van der Waals surface area contributed by atoms with Gasteiger partial charge in [-0.3, -0.25) is 0 Å². The van der Waals surface area contributed by atoms with Crippen LogP contribution in [0.3, 0.4) is 0 Å². The van der Waals surface area contributed by atoms with Crippen molar-refractivity contribution in [2.45, 2.75) is 6.92 Å². The highest BCUT2D eigenvalue weighted by atomic mass is 19.1. The van der Waals surface area contributed by atoms with Crippen molar-refractivity contribution in [2.75, 3.05) is 10.6 Å². The topological polar surface area (TPSA) is 78.4 Å². The number of halogens is 1. The third kappa shape index (κ3) is 3.56. The van der Waals surface area contributed by atoms with E-state index in [9.17, 15) is 14.0 Å². The summed E-state index contributed by atoms with van der Waals surface area (Å²) in [4.78, 5) is 23.0. The molecular formula is C15H13FN2O3. The van der Waals surface area contributed by atoms with Gasteiger partial charge in [0.15, 0.2) is 0 Å². The molecule has 0 heterocycles. The third-order valence-corrected chi connectivity index (χ3v) is 2.84. The van der Waals surface area contributed by atoms with Crippen molar-refractivity contribution in [3.05, 3.63) is 59.4 Å². The van der Waals surface area contributed by atoms with E-state index in [1.165, 1.54) is 30.3 Å². The molecule has 0 bridgehead atoms. The summed E-state index contributed by atoms with van der Waals surface area (Å²) in [6, 6.07) is 9.34. The lowest BCUT2D eigenvalue weighted by atomic mass is 10.1. The van der Waals surface area contributed by atoms with Crippen molar-refractivity contribution < 1.29 is 19.1 Å². The molecule has 0 radical (unpaired) electrons. The molecule has 0 unspecified atom stereocenters. The van der Waals surface area contributed by atoms with E-state index in [-0.39, 0.29) is 11.3 Å². The first-order valence-electron chi connectivity index (χ1n) is 6.14. The average molecular weight is 288 g/mol. The zero-order chi connectivity index (χ0) is 15.4. The molecule has 2 aromatic carbocycles. The van der Waals surface area contributed by atoms with Gasteiger partial charge in [0.25, 0.3) is 0 Å². The van der Waals surface area contributed by atoms with Gasteiger partial charge in [0.1, 0.15) is 5.82 Å². The number of nitrogens with one attached hydrogen (secondary N) is 2. The molecule has 5 nitrogen and oxygen atoms in total. The fourth-order valence-electron chi connectivity index (χ4n) is 1.82. The Bertz CT molecular complexity index is 684. The van der Waals surface area contributed by atoms with Gasteiger partial charge in [-0.15, -0.1) is 0 Å². The van der Waals surface area contributed by atoms with Crippen LogP contribution in [0.2, 0.25) is 0 Å². The number of benzene rings is 2. The molecule has 0 spiro atoms. The molecule has 0 saturated carbocycles. The van der Waals surface area contributed by atoms with Crippen molar-refractivity contribution in [1.82, 2.24) is 0 Å². The summed E-state index contributed by atoms with van der Waals surface area (Å²) in [5.41, 5.74) is 1.26. The lowest BCUT2D eigenvalue weighted by Gasteiger charge is -2.12. The SMILES string of the molecule is Cc1cccc(C(=O)O)c1NC(=O)Nc1ccc(F)cc1. The molecule has 0 fully saturated rings. The van der Waals surface area contributed by atoms with Crippen molar-refractivity contribution in [1.29, 1.82) is 0 Å². The van der Waals surface area contributed by atoms with E-state index in [4.69, 9.17) is 5.11 Å². The van der Waals surface area contributed by atoms with Crippen molar-refractivity contribution in [3.8, 4) is 0 Å². The highest BCUT2D eigenvalue weighted by molar-refractivity contribution is 6.05. The zero-order valence-electron chi connectivity index (χ0n) is 11.2. The molecule has 2 rings (SSSR count). The van der Waals surface area contributed by atoms with Gasteiger partial charge in [-0.25, -0.2) is 14.0 Å². The molecule has 2 amide bonds. The van der Waals surface area contributed by atoms with Gasteiger partial charge in [0.2, 0.25) is 0 Å². The molecule has 0 aliphatic carbocycles. The maximum Gasteiger partial charge on any atom is 0.337 e. The van der Waals surface area contributed by atoms with E-state index < -0.39 is 17.8 Å². The molecule has 0 atom stereocenters. The lowest BCUT2D eigenvalue weighted by Crippen LogP contribution is -2.21. The molecule has 108 valence electrons. The number of amides is 2. The van der Waals surface area contributed by atoms with Gasteiger partial charge >= 0.3 is 12.0 Å². The maximum absolute atomic E-state index is 12.8. The zero-order valence-corrected chi connectivity index (χ0v) is 11.2. The van der Waals surface area contributed by atoms with E-state index >= 15 is 0 Å². The van der Waals surface area contributed by atoms with Crippen LogP contribution in [0.15, 0.2) is 42.5 Å². The summed E-state index contributed by atoms with van der Waals surface area (Å²) >= 11 is 0. The summed E-state index contributed by atoms with van der Waals surface area (Å²) < 4.78 is 12.8. The number of anilines is 2. The summed E-state index contributed by atoms with van der Waals surface area (Å²) in [6.45, 7) is 1.69. The van der Waals surface area contributed by atoms with E-state index in [2.05, 4.69) is 10.6 Å². The monoisotopic (exact) mass is 288 g/mol. The number of para-hydroxylation sites is 1. The summed E-state index contributed by atoms with van der Waals surface area (Å²) in [7, 11) is 0. The molecule has 0 aliphatic rings. The van der Waals surface area contributed by atoms with Gasteiger partial charge in [0, 0.05) is 5.69 Å². The van der Waals surface area contributed by atoms with E-state index in [0.717, 1.165) is 0 Å². The minimum atomic E-state index is -1.13. The third-order valence-electron chi connectivity index (χ3n) is 2.84. The Morgan fingerprint density at radius 3 is 2.33 bits per heavy atom. The molecule has 0 aromatic heterocycles. The second kappa shape index (κ2) is 6.04. The number of carboxylic acids is 1. The van der Waals surface area contributed by atoms with Crippen molar-refractivity contribution in [3.63, 3.8) is 0 Å². The van der Waals surface area contributed by atoms with Crippen LogP contribution in [0.1, 0.15) is 15.9 Å². The number of hydrogen-bond acceptors (Lipinski definition) is 2. The number of rotatable bonds is 3. The van der Waals surface area contributed by atoms with Gasteiger partial charge < -0.3 is 15.7 Å². The second-order valence-corrected chi connectivity index (χ2v) is 4.39. The molecule has 2 aromatic rings. The highest BCUT2D eigenvalue weighted by Gasteiger charge is 2.14. The molecular weight excluding hydrogens is 275 g/mol. The second-order valence-electron chi connectivity index (χ2n) is 4.39. The minimum absolute atomic E-state index is 0.00394. The molecule has 0 saturated heterocycles. The summed E-state index contributed by atoms with van der Waals surface area (Å²) in [6.07, 6.45) is 0. The Hall–Kier alpha value is -2.89. The first kappa shape index (κ1) is 14.5. The number of carbonyl (C=O) groups excluding carboxylic acids is 1. The van der Waals surface area contributed by atoms with Gasteiger partial charge in [-0.2, -0.15) is 0 Å². The van der Waals surface area contributed by atoms with E-state index in [0.29, 0.717) is 11.3 Å². The molecule has 6 heteroatoms. The molecule has 21 heavy (non-hydrogen) atoms. The number of aromatic carboxylic acids is 1. The molecule has 3 N–H and O–H groups in total. The Kier molecular flexibility index (Phi) is 4.18. The fraction of sp³-hybridized carbons (Fsp3) is 0.0667. The lowest BCUT2D eigenvalue weighted by molar-refractivity contribution is 0.0698. The standard InChI is InChI=1S/C15H13FN2O3/c1-9-3-2-4-12(14(19)20)13(9)18-15(21)17-11-7-5-10(16)6-8-11/h2-8H,1H3,(H,19,20)(H2,17,18,21). The minimum Gasteiger partial charge on any atom is -0.478 e. The van der Waals surface area contributed by atoms with E-state index in [1.54, 1.807) is 19.1 Å². The van der Waals surface area contributed by atoms with Crippen LogP contribution in [0.4, 0.5) is 20.6 Å². The number of aryl methyl sites for hydroxylation is 1. The van der Waals surface area contributed by atoms with Crippen LogP contribution < -0.4 is 10.6 Å². The largest absolute Gasteiger partial charge is 0.478 e. The first-order chi connectivity index (χ1) is 9.97. The highest BCUT2D eigenvalue weighted by Crippen LogP contribution is 2.21. The number of carboxylic acid groups (broad SMARTS) is 1. The van der Waals surface area contributed by atoms with Crippen LogP contribution in [0.25, 0.3) is 0 Å².